The second-order valence-electron chi connectivity index (χ2n) is 6.34. The number of nitrogens with zero attached hydrogens (tertiary/aromatic N) is 1. The summed E-state index contributed by atoms with van der Waals surface area (Å²) in [4.78, 5) is 11.9. The third-order valence-electron chi connectivity index (χ3n) is 3.52. The largest absolute Gasteiger partial charge is 0.271 e. The van der Waals surface area contributed by atoms with Crippen molar-refractivity contribution in [2.75, 3.05) is 0 Å². The first kappa shape index (κ1) is 13.8. The Morgan fingerprint density at radius 3 is 2.63 bits per heavy atom. The number of amides is 1. The molecular formula is C16H22N2O. The topological polar surface area (TPSA) is 41.5 Å². The third-order valence-corrected chi connectivity index (χ3v) is 3.52. The Bertz CT molecular complexity index is 477. The highest BCUT2D eigenvalue weighted by Gasteiger charge is 2.29. The number of hydrogen-bond acceptors (Lipinski definition) is 2. The van der Waals surface area contributed by atoms with Crippen LogP contribution >= 0.6 is 0 Å². The first-order chi connectivity index (χ1) is 8.96. The predicted octanol–water partition coefficient (Wildman–Crippen LogP) is 3.62. The van der Waals surface area contributed by atoms with Crippen molar-refractivity contribution in [2.45, 2.75) is 40.0 Å². The summed E-state index contributed by atoms with van der Waals surface area (Å²) in [5.41, 5.74) is 4.71. The van der Waals surface area contributed by atoms with Crippen LogP contribution in [0.15, 0.2) is 35.4 Å². The summed E-state index contributed by atoms with van der Waals surface area (Å²) in [6, 6.07) is 9.20. The molecule has 0 bridgehead atoms. The average molecular weight is 258 g/mol. The van der Waals surface area contributed by atoms with E-state index in [1.807, 2.05) is 18.2 Å². The Labute approximate surface area is 115 Å². The first-order valence-electron chi connectivity index (χ1n) is 6.87. The SMILES string of the molecule is CC1CC(=NNC(=O)c2ccccc2)CC(C)(C)C1. The van der Waals surface area contributed by atoms with E-state index in [1.54, 1.807) is 12.1 Å². The van der Waals surface area contributed by atoms with Crippen LogP contribution in [0, 0.1) is 11.3 Å². The Hall–Kier alpha value is -1.64. The molecule has 1 aromatic carbocycles. The van der Waals surface area contributed by atoms with E-state index in [0.29, 0.717) is 11.5 Å². The van der Waals surface area contributed by atoms with Gasteiger partial charge in [-0.3, -0.25) is 4.79 Å². The van der Waals surface area contributed by atoms with Crippen LogP contribution in [0.4, 0.5) is 0 Å². The van der Waals surface area contributed by atoms with Crippen LogP contribution in [0.25, 0.3) is 0 Å². The van der Waals surface area contributed by atoms with Crippen molar-refractivity contribution in [1.29, 1.82) is 0 Å². The van der Waals surface area contributed by atoms with Gasteiger partial charge >= 0.3 is 0 Å². The van der Waals surface area contributed by atoms with Crippen LogP contribution in [0.5, 0.6) is 0 Å². The minimum atomic E-state index is -0.135. The Balaban J connectivity index is 2.01. The zero-order valence-electron chi connectivity index (χ0n) is 11.9. The number of hydrazone groups is 1. The van der Waals surface area contributed by atoms with Gasteiger partial charge in [-0.1, -0.05) is 39.0 Å². The molecule has 1 unspecified atom stereocenters. The molecular weight excluding hydrogens is 236 g/mol. The molecule has 1 amide bonds. The Morgan fingerprint density at radius 2 is 2.00 bits per heavy atom. The van der Waals surface area contributed by atoms with Gasteiger partial charge in [0.15, 0.2) is 0 Å². The van der Waals surface area contributed by atoms with Crippen LogP contribution in [0.2, 0.25) is 0 Å². The van der Waals surface area contributed by atoms with Crippen LogP contribution in [-0.4, -0.2) is 11.6 Å². The molecule has 1 aliphatic carbocycles. The number of carbonyl (C=O) groups is 1. The maximum atomic E-state index is 11.9. The van der Waals surface area contributed by atoms with Gasteiger partial charge in [-0.05, 0) is 42.7 Å². The van der Waals surface area contributed by atoms with E-state index < -0.39 is 0 Å². The normalized spacial score (nSPS) is 24.2. The number of carbonyl (C=O) groups excluding carboxylic acids is 1. The van der Waals surface area contributed by atoms with Gasteiger partial charge in [0, 0.05) is 11.3 Å². The summed E-state index contributed by atoms with van der Waals surface area (Å²) in [5.74, 6) is 0.500. The maximum absolute atomic E-state index is 11.9. The molecule has 0 aromatic heterocycles. The molecule has 3 heteroatoms. The Kier molecular flexibility index (Phi) is 4.03. The fraction of sp³-hybridized carbons (Fsp3) is 0.500. The lowest BCUT2D eigenvalue weighted by molar-refractivity contribution is 0.0954. The first-order valence-corrected chi connectivity index (χ1v) is 6.87. The molecule has 0 aliphatic heterocycles. The van der Waals surface area contributed by atoms with E-state index in [9.17, 15) is 4.79 Å². The molecule has 1 N–H and O–H groups in total. The van der Waals surface area contributed by atoms with Gasteiger partial charge in [0.2, 0.25) is 0 Å². The van der Waals surface area contributed by atoms with Gasteiger partial charge in [0.1, 0.15) is 0 Å². The van der Waals surface area contributed by atoms with E-state index >= 15 is 0 Å². The van der Waals surface area contributed by atoms with Crippen LogP contribution < -0.4 is 5.43 Å². The molecule has 0 heterocycles. The molecule has 1 aromatic rings. The van der Waals surface area contributed by atoms with Crippen molar-refractivity contribution < 1.29 is 4.79 Å². The minimum Gasteiger partial charge on any atom is -0.267 e. The molecule has 1 saturated carbocycles. The van der Waals surface area contributed by atoms with Gasteiger partial charge in [0.25, 0.3) is 5.91 Å². The van der Waals surface area contributed by atoms with Gasteiger partial charge in [-0.2, -0.15) is 5.10 Å². The molecule has 1 atom stereocenters. The minimum absolute atomic E-state index is 0.135. The number of benzene rings is 1. The summed E-state index contributed by atoms with van der Waals surface area (Å²) in [6.45, 7) is 6.77. The lowest BCUT2D eigenvalue weighted by Gasteiger charge is -2.34. The van der Waals surface area contributed by atoms with Crippen molar-refractivity contribution >= 4 is 11.6 Å². The number of nitrogens with one attached hydrogen (secondary N) is 1. The van der Waals surface area contributed by atoms with Crippen molar-refractivity contribution in [3.8, 4) is 0 Å². The molecule has 0 saturated heterocycles. The van der Waals surface area contributed by atoms with Crippen LogP contribution in [0.3, 0.4) is 0 Å². The van der Waals surface area contributed by atoms with Gasteiger partial charge < -0.3 is 0 Å². The van der Waals surface area contributed by atoms with Gasteiger partial charge in [-0.15, -0.1) is 0 Å². The zero-order chi connectivity index (χ0) is 13.9. The molecule has 2 rings (SSSR count). The van der Waals surface area contributed by atoms with E-state index in [0.717, 1.165) is 18.6 Å². The predicted molar refractivity (Wildman–Crippen MR) is 78.1 cm³/mol. The summed E-state index contributed by atoms with van der Waals surface area (Å²) in [6.07, 6.45) is 3.17. The quantitative estimate of drug-likeness (QED) is 0.809. The molecule has 3 nitrogen and oxygen atoms in total. The van der Waals surface area contributed by atoms with Crippen molar-refractivity contribution in [3.63, 3.8) is 0 Å². The zero-order valence-corrected chi connectivity index (χ0v) is 11.9. The maximum Gasteiger partial charge on any atom is 0.271 e. The molecule has 1 aliphatic rings. The number of hydrogen-bond donors (Lipinski definition) is 1. The van der Waals surface area contributed by atoms with Crippen LogP contribution in [0.1, 0.15) is 50.4 Å². The molecule has 19 heavy (non-hydrogen) atoms. The van der Waals surface area contributed by atoms with Crippen molar-refractivity contribution in [1.82, 2.24) is 5.43 Å². The van der Waals surface area contributed by atoms with E-state index in [4.69, 9.17) is 0 Å². The summed E-state index contributed by atoms with van der Waals surface area (Å²) >= 11 is 0. The standard InChI is InChI=1S/C16H22N2O/c1-12-9-14(11-16(2,3)10-12)17-18-15(19)13-7-5-4-6-8-13/h4-8,12H,9-11H2,1-3H3,(H,18,19). The summed E-state index contributed by atoms with van der Waals surface area (Å²) in [7, 11) is 0. The van der Waals surface area contributed by atoms with Gasteiger partial charge in [0.05, 0.1) is 0 Å². The fourth-order valence-corrected chi connectivity index (χ4v) is 2.98. The summed E-state index contributed by atoms with van der Waals surface area (Å²) in [5, 5.41) is 4.32. The second-order valence-corrected chi connectivity index (χ2v) is 6.34. The lowest BCUT2D eigenvalue weighted by Crippen LogP contribution is -2.30. The van der Waals surface area contributed by atoms with Crippen molar-refractivity contribution in [2.24, 2.45) is 16.4 Å². The summed E-state index contributed by atoms with van der Waals surface area (Å²) < 4.78 is 0. The van der Waals surface area contributed by atoms with E-state index in [-0.39, 0.29) is 11.3 Å². The monoisotopic (exact) mass is 258 g/mol. The van der Waals surface area contributed by atoms with Gasteiger partial charge in [-0.25, -0.2) is 5.43 Å². The van der Waals surface area contributed by atoms with Crippen molar-refractivity contribution in [3.05, 3.63) is 35.9 Å². The highest BCUT2D eigenvalue weighted by atomic mass is 16.2. The average Bonchev–Trinajstić information content (AvgIpc) is 2.34. The van der Waals surface area contributed by atoms with E-state index in [2.05, 4.69) is 31.3 Å². The number of rotatable bonds is 2. The smallest absolute Gasteiger partial charge is 0.267 e. The highest BCUT2D eigenvalue weighted by Crippen LogP contribution is 2.36. The lowest BCUT2D eigenvalue weighted by atomic mass is 9.72. The molecule has 0 spiro atoms. The third kappa shape index (κ3) is 3.91. The van der Waals surface area contributed by atoms with E-state index in [1.165, 1.54) is 6.42 Å². The molecule has 102 valence electrons. The fourth-order valence-electron chi connectivity index (χ4n) is 2.98. The second kappa shape index (κ2) is 5.55. The molecule has 1 fully saturated rings. The molecule has 0 radical (unpaired) electrons. The van der Waals surface area contributed by atoms with Crippen LogP contribution in [-0.2, 0) is 0 Å². The Morgan fingerprint density at radius 1 is 1.32 bits per heavy atom. The highest BCUT2D eigenvalue weighted by molar-refractivity contribution is 5.95.